The third-order valence-corrected chi connectivity index (χ3v) is 5.31. The highest BCUT2D eigenvalue weighted by atomic mass is 35.5. The third kappa shape index (κ3) is 3.41. The van der Waals surface area contributed by atoms with Crippen molar-refractivity contribution in [1.82, 2.24) is 14.8 Å². The van der Waals surface area contributed by atoms with Gasteiger partial charge in [0.1, 0.15) is 0 Å². The number of aromatic nitrogens is 3. The minimum absolute atomic E-state index is 0.671. The van der Waals surface area contributed by atoms with Gasteiger partial charge in [0.25, 0.3) is 0 Å². The molecule has 2 aromatic carbocycles. The van der Waals surface area contributed by atoms with E-state index >= 15 is 0 Å². The SMILES string of the molecule is Cc1ccccc1CSc1nnc(-c2ccco2)n1-c1ccc(Cl)cc1. The van der Waals surface area contributed by atoms with E-state index in [1.165, 1.54) is 11.1 Å². The maximum absolute atomic E-state index is 6.05. The highest BCUT2D eigenvalue weighted by Crippen LogP contribution is 2.30. The van der Waals surface area contributed by atoms with Crippen molar-refractivity contribution < 1.29 is 4.42 Å². The number of aryl methyl sites for hydroxylation is 1. The second-order valence-corrected chi connectivity index (χ2v) is 7.19. The summed E-state index contributed by atoms with van der Waals surface area (Å²) in [4.78, 5) is 0. The molecule has 0 aliphatic heterocycles. The van der Waals surface area contributed by atoms with Gasteiger partial charge >= 0.3 is 0 Å². The summed E-state index contributed by atoms with van der Waals surface area (Å²) in [6.07, 6.45) is 1.64. The van der Waals surface area contributed by atoms with Gasteiger partial charge in [0, 0.05) is 16.5 Å². The molecule has 0 amide bonds. The summed E-state index contributed by atoms with van der Waals surface area (Å²) in [5, 5.41) is 10.3. The van der Waals surface area contributed by atoms with Gasteiger partial charge in [-0.3, -0.25) is 4.57 Å². The van der Waals surface area contributed by atoms with Crippen LogP contribution in [0.15, 0.2) is 76.5 Å². The lowest BCUT2D eigenvalue weighted by Crippen LogP contribution is -1.99. The monoisotopic (exact) mass is 381 g/mol. The molecule has 0 saturated carbocycles. The first-order valence-corrected chi connectivity index (χ1v) is 9.51. The molecular formula is C20H16ClN3OS. The number of thioether (sulfide) groups is 1. The number of benzene rings is 2. The Morgan fingerprint density at radius 3 is 2.54 bits per heavy atom. The second kappa shape index (κ2) is 7.40. The van der Waals surface area contributed by atoms with Crippen molar-refractivity contribution in [2.45, 2.75) is 17.8 Å². The third-order valence-electron chi connectivity index (χ3n) is 4.08. The van der Waals surface area contributed by atoms with Crippen molar-refractivity contribution >= 4 is 23.4 Å². The molecule has 0 spiro atoms. The van der Waals surface area contributed by atoms with Gasteiger partial charge in [0.2, 0.25) is 5.82 Å². The molecule has 2 heterocycles. The van der Waals surface area contributed by atoms with Gasteiger partial charge in [-0.1, -0.05) is 47.6 Å². The smallest absolute Gasteiger partial charge is 0.205 e. The van der Waals surface area contributed by atoms with Gasteiger partial charge in [-0.05, 0) is 54.4 Å². The van der Waals surface area contributed by atoms with Crippen LogP contribution < -0.4 is 0 Å². The highest BCUT2D eigenvalue weighted by molar-refractivity contribution is 7.98. The summed E-state index contributed by atoms with van der Waals surface area (Å²) in [6.45, 7) is 2.12. The van der Waals surface area contributed by atoms with Crippen molar-refractivity contribution in [3.8, 4) is 17.3 Å². The molecule has 6 heteroatoms. The highest BCUT2D eigenvalue weighted by Gasteiger charge is 2.18. The first kappa shape index (κ1) is 16.9. The van der Waals surface area contributed by atoms with E-state index in [-0.39, 0.29) is 0 Å². The molecule has 26 heavy (non-hydrogen) atoms. The van der Waals surface area contributed by atoms with Crippen LogP contribution in [0.25, 0.3) is 17.3 Å². The van der Waals surface area contributed by atoms with Gasteiger partial charge in [-0.25, -0.2) is 0 Å². The Balaban J connectivity index is 1.72. The van der Waals surface area contributed by atoms with Crippen LogP contribution in [0, 0.1) is 6.92 Å². The van der Waals surface area contributed by atoms with Gasteiger partial charge in [-0.2, -0.15) is 0 Å². The zero-order chi connectivity index (χ0) is 17.9. The van der Waals surface area contributed by atoms with Gasteiger partial charge in [0.05, 0.1) is 6.26 Å². The zero-order valence-electron chi connectivity index (χ0n) is 14.1. The Morgan fingerprint density at radius 2 is 1.81 bits per heavy atom. The van der Waals surface area contributed by atoms with E-state index in [1.807, 2.05) is 41.0 Å². The molecule has 4 aromatic rings. The molecule has 2 aromatic heterocycles. The maximum Gasteiger partial charge on any atom is 0.205 e. The maximum atomic E-state index is 6.05. The van der Waals surface area contributed by atoms with Crippen LogP contribution in [0.3, 0.4) is 0 Å². The van der Waals surface area contributed by atoms with Crippen molar-refractivity contribution in [3.05, 3.63) is 83.1 Å². The van der Waals surface area contributed by atoms with E-state index in [2.05, 4.69) is 41.4 Å². The largest absolute Gasteiger partial charge is 0.461 e. The minimum atomic E-state index is 0.671. The molecule has 0 radical (unpaired) electrons. The minimum Gasteiger partial charge on any atom is -0.461 e. The molecule has 0 bridgehead atoms. The number of hydrogen-bond acceptors (Lipinski definition) is 4. The van der Waals surface area contributed by atoms with E-state index < -0.39 is 0 Å². The van der Waals surface area contributed by atoms with Gasteiger partial charge in [-0.15, -0.1) is 10.2 Å². The Labute approximate surface area is 160 Å². The first-order chi connectivity index (χ1) is 12.7. The van der Waals surface area contributed by atoms with E-state index in [0.29, 0.717) is 16.6 Å². The van der Waals surface area contributed by atoms with E-state index in [0.717, 1.165) is 16.6 Å². The van der Waals surface area contributed by atoms with Crippen molar-refractivity contribution in [2.75, 3.05) is 0 Å². The molecule has 0 unspecified atom stereocenters. The van der Waals surface area contributed by atoms with Crippen LogP contribution in [0.1, 0.15) is 11.1 Å². The number of furan rings is 1. The summed E-state index contributed by atoms with van der Waals surface area (Å²) in [5.41, 5.74) is 3.49. The fraction of sp³-hybridized carbons (Fsp3) is 0.100. The second-order valence-electron chi connectivity index (χ2n) is 5.81. The Kier molecular flexibility index (Phi) is 4.82. The molecular weight excluding hydrogens is 366 g/mol. The quantitative estimate of drug-likeness (QED) is 0.411. The van der Waals surface area contributed by atoms with Crippen LogP contribution in [-0.2, 0) is 5.75 Å². The average molecular weight is 382 g/mol. The average Bonchev–Trinajstić information content (AvgIpc) is 3.31. The fourth-order valence-electron chi connectivity index (χ4n) is 2.67. The zero-order valence-corrected chi connectivity index (χ0v) is 15.7. The summed E-state index contributed by atoms with van der Waals surface area (Å²) in [5.74, 6) is 2.16. The molecule has 0 atom stereocenters. The number of rotatable bonds is 5. The normalized spacial score (nSPS) is 11.0. The van der Waals surface area contributed by atoms with Crippen molar-refractivity contribution in [1.29, 1.82) is 0 Å². The predicted octanol–water partition coefficient (Wildman–Crippen LogP) is 5.78. The molecule has 4 rings (SSSR count). The van der Waals surface area contributed by atoms with Crippen molar-refractivity contribution in [3.63, 3.8) is 0 Å². The first-order valence-electron chi connectivity index (χ1n) is 8.15. The number of hydrogen-bond donors (Lipinski definition) is 0. The van der Waals surface area contributed by atoms with E-state index in [1.54, 1.807) is 18.0 Å². The molecule has 0 aliphatic carbocycles. The lowest BCUT2D eigenvalue weighted by molar-refractivity contribution is 0.575. The number of halogens is 1. The summed E-state index contributed by atoms with van der Waals surface area (Å²) >= 11 is 7.69. The standard InChI is InChI=1S/C20H16ClN3OS/c1-14-5-2-3-6-15(14)13-26-20-23-22-19(18-7-4-12-25-18)24(20)17-10-8-16(21)9-11-17/h2-12H,13H2,1H3. The summed E-state index contributed by atoms with van der Waals surface area (Å²) in [6, 6.07) is 19.7. The molecule has 4 nitrogen and oxygen atoms in total. The summed E-state index contributed by atoms with van der Waals surface area (Å²) < 4.78 is 7.54. The molecule has 130 valence electrons. The van der Waals surface area contributed by atoms with Crippen LogP contribution in [0.2, 0.25) is 5.02 Å². The topological polar surface area (TPSA) is 43.9 Å². The molecule has 0 fully saturated rings. The van der Waals surface area contributed by atoms with Crippen molar-refractivity contribution in [2.24, 2.45) is 0 Å². The molecule has 0 aliphatic rings. The predicted molar refractivity (Wildman–Crippen MR) is 105 cm³/mol. The lowest BCUT2D eigenvalue weighted by Gasteiger charge is -2.10. The van der Waals surface area contributed by atoms with Crippen LogP contribution in [0.4, 0.5) is 0 Å². The van der Waals surface area contributed by atoms with Gasteiger partial charge < -0.3 is 4.42 Å². The summed E-state index contributed by atoms with van der Waals surface area (Å²) in [7, 11) is 0. The lowest BCUT2D eigenvalue weighted by atomic mass is 10.1. The molecule has 0 N–H and O–H groups in total. The van der Waals surface area contributed by atoms with Crippen LogP contribution in [-0.4, -0.2) is 14.8 Å². The van der Waals surface area contributed by atoms with E-state index in [4.69, 9.17) is 16.0 Å². The number of nitrogens with zero attached hydrogens (tertiary/aromatic N) is 3. The Hall–Kier alpha value is -2.50. The Morgan fingerprint density at radius 1 is 1.00 bits per heavy atom. The van der Waals surface area contributed by atoms with E-state index in [9.17, 15) is 0 Å². The Bertz CT molecular complexity index is 1010. The fourth-order valence-corrected chi connectivity index (χ4v) is 3.82. The van der Waals surface area contributed by atoms with Crippen LogP contribution >= 0.6 is 23.4 Å². The van der Waals surface area contributed by atoms with Gasteiger partial charge in [0.15, 0.2) is 10.9 Å². The molecule has 0 saturated heterocycles. The van der Waals surface area contributed by atoms with Crippen LogP contribution in [0.5, 0.6) is 0 Å².